The molecule has 0 atom stereocenters. The number of ether oxygens (including phenoxy) is 2. The largest absolute Gasteiger partial charge is 0.489 e. The van der Waals surface area contributed by atoms with Crippen molar-refractivity contribution in [3.05, 3.63) is 77.9 Å². The second kappa shape index (κ2) is 7.73. The van der Waals surface area contributed by atoms with E-state index >= 15 is 0 Å². The van der Waals surface area contributed by atoms with Gasteiger partial charge in [-0.05, 0) is 52.6 Å². The van der Waals surface area contributed by atoms with E-state index in [4.69, 9.17) is 20.9 Å². The third-order valence-electron chi connectivity index (χ3n) is 3.90. The summed E-state index contributed by atoms with van der Waals surface area (Å²) in [7, 11) is 1.70. The molecule has 3 aromatic carbocycles. The molecule has 0 saturated heterocycles. The van der Waals surface area contributed by atoms with Crippen molar-refractivity contribution in [3.63, 3.8) is 0 Å². The Morgan fingerprint density at radius 2 is 1.24 bits per heavy atom. The fraction of sp³-hybridized carbons (Fsp3) is 0.143. The molecule has 25 heavy (non-hydrogen) atoms. The van der Waals surface area contributed by atoms with Crippen LogP contribution in [-0.2, 0) is 18.0 Å². The third-order valence-corrected chi connectivity index (χ3v) is 3.90. The van der Waals surface area contributed by atoms with Crippen LogP contribution in [0.2, 0.25) is 0 Å². The van der Waals surface area contributed by atoms with Gasteiger partial charge in [-0.15, -0.1) is 0 Å². The fourth-order valence-electron chi connectivity index (χ4n) is 2.70. The molecule has 0 fully saturated rings. The molecule has 0 saturated carbocycles. The SMILES string of the molecule is COCc1ccc(-c2ccc(OCc3cc(N)cc(N)c3)cc2)cc1. The van der Waals surface area contributed by atoms with E-state index in [1.165, 1.54) is 0 Å². The van der Waals surface area contributed by atoms with Gasteiger partial charge in [-0.1, -0.05) is 36.4 Å². The van der Waals surface area contributed by atoms with Crippen LogP contribution in [0.3, 0.4) is 0 Å². The van der Waals surface area contributed by atoms with Gasteiger partial charge >= 0.3 is 0 Å². The summed E-state index contributed by atoms with van der Waals surface area (Å²) >= 11 is 0. The Hall–Kier alpha value is -2.98. The minimum atomic E-state index is 0.431. The first kappa shape index (κ1) is 16.9. The van der Waals surface area contributed by atoms with Gasteiger partial charge in [-0.3, -0.25) is 0 Å². The Kier molecular flexibility index (Phi) is 5.21. The molecule has 0 aliphatic rings. The molecule has 0 unspecified atom stereocenters. The van der Waals surface area contributed by atoms with Crippen molar-refractivity contribution < 1.29 is 9.47 Å². The smallest absolute Gasteiger partial charge is 0.119 e. The van der Waals surface area contributed by atoms with Gasteiger partial charge in [0, 0.05) is 18.5 Å². The predicted octanol–water partition coefficient (Wildman–Crippen LogP) is 4.24. The van der Waals surface area contributed by atoms with Gasteiger partial charge in [-0.25, -0.2) is 0 Å². The highest BCUT2D eigenvalue weighted by molar-refractivity contribution is 5.64. The average molecular weight is 334 g/mol. The first-order chi connectivity index (χ1) is 12.1. The lowest BCUT2D eigenvalue weighted by Gasteiger charge is -2.09. The molecule has 4 nitrogen and oxygen atoms in total. The van der Waals surface area contributed by atoms with E-state index in [0.717, 1.165) is 28.0 Å². The van der Waals surface area contributed by atoms with Crippen molar-refractivity contribution in [1.29, 1.82) is 0 Å². The normalized spacial score (nSPS) is 10.6. The minimum absolute atomic E-state index is 0.431. The highest BCUT2D eigenvalue weighted by Gasteiger charge is 2.02. The van der Waals surface area contributed by atoms with Gasteiger partial charge in [0.05, 0.1) is 6.61 Å². The van der Waals surface area contributed by atoms with Crippen molar-refractivity contribution in [2.24, 2.45) is 0 Å². The van der Waals surface area contributed by atoms with Crippen molar-refractivity contribution in [1.82, 2.24) is 0 Å². The van der Waals surface area contributed by atoms with E-state index in [9.17, 15) is 0 Å². The number of methoxy groups -OCH3 is 1. The molecule has 3 aromatic rings. The Morgan fingerprint density at radius 3 is 1.80 bits per heavy atom. The summed E-state index contributed by atoms with van der Waals surface area (Å²) in [5, 5.41) is 0. The van der Waals surface area contributed by atoms with Crippen LogP contribution in [0.25, 0.3) is 11.1 Å². The number of nitrogens with two attached hydrogens (primary N) is 2. The number of benzene rings is 3. The molecule has 0 heterocycles. The van der Waals surface area contributed by atoms with E-state index < -0.39 is 0 Å². The molecule has 0 aliphatic carbocycles. The van der Waals surface area contributed by atoms with Crippen LogP contribution in [0.1, 0.15) is 11.1 Å². The lowest BCUT2D eigenvalue weighted by molar-refractivity contribution is 0.185. The van der Waals surface area contributed by atoms with Crippen LogP contribution in [0.4, 0.5) is 11.4 Å². The lowest BCUT2D eigenvalue weighted by Crippen LogP contribution is -1.99. The van der Waals surface area contributed by atoms with E-state index in [1.54, 1.807) is 13.2 Å². The van der Waals surface area contributed by atoms with Crippen molar-refractivity contribution in [2.75, 3.05) is 18.6 Å². The van der Waals surface area contributed by atoms with Crippen LogP contribution < -0.4 is 16.2 Å². The average Bonchev–Trinajstić information content (AvgIpc) is 2.61. The Bertz CT molecular complexity index is 807. The Morgan fingerprint density at radius 1 is 0.680 bits per heavy atom. The molecule has 3 rings (SSSR count). The summed E-state index contributed by atoms with van der Waals surface area (Å²) in [6.45, 7) is 1.06. The summed E-state index contributed by atoms with van der Waals surface area (Å²) in [5.41, 5.74) is 17.3. The van der Waals surface area contributed by atoms with Gasteiger partial charge in [-0.2, -0.15) is 0 Å². The maximum absolute atomic E-state index is 5.82. The standard InChI is InChI=1S/C21H22N2O2/c1-24-13-15-2-4-17(5-3-15)18-6-8-21(9-7-18)25-14-16-10-19(22)12-20(23)11-16/h2-12H,13-14,22-23H2,1H3. The van der Waals surface area contributed by atoms with Crippen molar-refractivity contribution >= 4 is 11.4 Å². The molecule has 0 bridgehead atoms. The predicted molar refractivity (Wildman–Crippen MR) is 102 cm³/mol. The van der Waals surface area contributed by atoms with E-state index in [1.807, 2.05) is 36.4 Å². The number of hydrogen-bond donors (Lipinski definition) is 2. The molecule has 0 amide bonds. The third kappa shape index (κ3) is 4.52. The first-order valence-corrected chi connectivity index (χ1v) is 8.10. The quantitative estimate of drug-likeness (QED) is 0.661. The van der Waals surface area contributed by atoms with Gasteiger partial charge in [0.15, 0.2) is 0 Å². The summed E-state index contributed by atoms with van der Waals surface area (Å²) in [6, 6.07) is 21.8. The molecule has 0 radical (unpaired) electrons. The number of nitrogen functional groups attached to an aromatic ring is 2. The topological polar surface area (TPSA) is 70.5 Å². The minimum Gasteiger partial charge on any atom is -0.489 e. The maximum atomic E-state index is 5.82. The summed E-state index contributed by atoms with van der Waals surface area (Å²) in [6.07, 6.45) is 0. The molecular formula is C21H22N2O2. The van der Waals surface area contributed by atoms with Crippen LogP contribution >= 0.6 is 0 Å². The molecule has 4 heteroatoms. The summed E-state index contributed by atoms with van der Waals surface area (Å²) in [4.78, 5) is 0. The Balaban J connectivity index is 1.65. The Labute approximate surface area is 148 Å². The van der Waals surface area contributed by atoms with Gasteiger partial charge in [0.1, 0.15) is 12.4 Å². The van der Waals surface area contributed by atoms with Gasteiger partial charge < -0.3 is 20.9 Å². The van der Waals surface area contributed by atoms with E-state index in [0.29, 0.717) is 24.6 Å². The second-order valence-corrected chi connectivity index (χ2v) is 5.95. The molecule has 128 valence electrons. The number of rotatable bonds is 6. The van der Waals surface area contributed by atoms with Crippen molar-refractivity contribution in [3.8, 4) is 16.9 Å². The van der Waals surface area contributed by atoms with Gasteiger partial charge in [0.25, 0.3) is 0 Å². The summed E-state index contributed by atoms with van der Waals surface area (Å²) in [5.74, 6) is 0.806. The first-order valence-electron chi connectivity index (χ1n) is 8.10. The molecule has 4 N–H and O–H groups in total. The maximum Gasteiger partial charge on any atom is 0.119 e. The zero-order chi connectivity index (χ0) is 17.6. The molecular weight excluding hydrogens is 312 g/mol. The van der Waals surface area contributed by atoms with E-state index in [-0.39, 0.29) is 0 Å². The fourth-order valence-corrected chi connectivity index (χ4v) is 2.70. The van der Waals surface area contributed by atoms with Crippen LogP contribution in [0, 0.1) is 0 Å². The monoisotopic (exact) mass is 334 g/mol. The molecule has 0 spiro atoms. The lowest BCUT2D eigenvalue weighted by atomic mass is 10.0. The van der Waals surface area contributed by atoms with Gasteiger partial charge in [0.2, 0.25) is 0 Å². The zero-order valence-corrected chi connectivity index (χ0v) is 14.2. The van der Waals surface area contributed by atoms with Crippen LogP contribution in [-0.4, -0.2) is 7.11 Å². The summed E-state index contributed by atoms with van der Waals surface area (Å²) < 4.78 is 11.0. The van der Waals surface area contributed by atoms with Crippen LogP contribution in [0.5, 0.6) is 5.75 Å². The zero-order valence-electron chi connectivity index (χ0n) is 14.2. The van der Waals surface area contributed by atoms with Crippen molar-refractivity contribution in [2.45, 2.75) is 13.2 Å². The number of anilines is 2. The second-order valence-electron chi connectivity index (χ2n) is 5.95. The highest BCUT2D eigenvalue weighted by Crippen LogP contribution is 2.24. The number of hydrogen-bond acceptors (Lipinski definition) is 4. The van der Waals surface area contributed by atoms with Crippen LogP contribution in [0.15, 0.2) is 66.7 Å². The van der Waals surface area contributed by atoms with E-state index in [2.05, 4.69) is 24.3 Å². The highest BCUT2D eigenvalue weighted by atomic mass is 16.5. The molecule has 0 aliphatic heterocycles. The molecule has 0 aromatic heterocycles.